The van der Waals surface area contributed by atoms with Gasteiger partial charge in [0.25, 0.3) is 5.91 Å². The number of amides is 1. The Morgan fingerprint density at radius 3 is 2.52 bits per heavy atom. The van der Waals surface area contributed by atoms with Crippen LogP contribution in [0.2, 0.25) is 10.0 Å². The number of hydrogen-bond donors (Lipinski definition) is 2. The number of carbonyl (C=O) groups is 1. The molecule has 0 aliphatic rings. The Morgan fingerprint density at radius 1 is 1.07 bits per heavy atom. The zero-order valence-electron chi connectivity index (χ0n) is 13.5. The van der Waals surface area contributed by atoms with Crippen LogP contribution < -0.4 is 11.1 Å². The van der Waals surface area contributed by atoms with Crippen molar-refractivity contribution in [2.24, 2.45) is 5.73 Å². The number of nitrogens with one attached hydrogen (secondary N) is 1. The summed E-state index contributed by atoms with van der Waals surface area (Å²) in [7, 11) is 0. The Bertz CT molecular complexity index is 1140. The topological polar surface area (TPSA) is 107 Å². The third kappa shape index (κ3) is 3.42. The monoisotopic (exact) mass is 416 g/mol. The fourth-order valence-electron chi connectivity index (χ4n) is 2.41. The predicted octanol–water partition coefficient (Wildman–Crippen LogP) is 4.30. The molecule has 0 saturated heterocycles. The maximum atomic E-state index is 11.1. The van der Waals surface area contributed by atoms with Gasteiger partial charge in [-0.2, -0.15) is 0 Å². The maximum absolute atomic E-state index is 11.1. The molecule has 4 aromatic rings. The van der Waals surface area contributed by atoms with Gasteiger partial charge in [-0.1, -0.05) is 29.3 Å². The summed E-state index contributed by atoms with van der Waals surface area (Å²) < 4.78 is 0.810. The molecule has 1 aromatic carbocycles. The van der Waals surface area contributed by atoms with Crippen LogP contribution in [0.25, 0.3) is 20.8 Å². The number of pyridine rings is 1. The lowest BCUT2D eigenvalue weighted by Gasteiger charge is -2.04. The summed E-state index contributed by atoms with van der Waals surface area (Å²) in [5, 5.41) is 12.5. The molecule has 0 aliphatic heterocycles. The zero-order valence-corrected chi connectivity index (χ0v) is 15.8. The van der Waals surface area contributed by atoms with Gasteiger partial charge >= 0.3 is 0 Å². The van der Waals surface area contributed by atoms with Gasteiger partial charge in [-0.3, -0.25) is 4.79 Å². The lowest BCUT2D eigenvalue weighted by Crippen LogP contribution is -2.13. The number of thiazole rings is 1. The lowest BCUT2D eigenvalue weighted by molar-refractivity contribution is 0.0994. The van der Waals surface area contributed by atoms with E-state index in [1.165, 1.54) is 17.4 Å². The number of halogens is 2. The normalized spacial score (nSPS) is 10.9. The second kappa shape index (κ2) is 7.07. The van der Waals surface area contributed by atoms with Crippen molar-refractivity contribution < 1.29 is 4.79 Å². The molecule has 0 saturated carbocycles. The first-order valence-corrected chi connectivity index (χ1v) is 9.20. The first-order chi connectivity index (χ1) is 13.0. The van der Waals surface area contributed by atoms with Crippen LogP contribution in [-0.2, 0) is 0 Å². The van der Waals surface area contributed by atoms with Crippen molar-refractivity contribution in [3.05, 3.63) is 58.3 Å². The standard InChI is InChI=1S/C17H10Cl2N6OS/c18-8-2-1-3-9(19)13(8)17-22-10-6-7-21-16(14(10)27-17)23-12-5-4-11(15(20)26)24-25-12/h1-7H,(H2,20,26)(H,21,23,25). The number of benzene rings is 1. The highest BCUT2D eigenvalue weighted by atomic mass is 35.5. The Labute approximate surface area is 167 Å². The Balaban J connectivity index is 1.74. The average molecular weight is 417 g/mol. The Hall–Kier alpha value is -2.81. The third-order valence-electron chi connectivity index (χ3n) is 3.64. The predicted molar refractivity (Wildman–Crippen MR) is 107 cm³/mol. The van der Waals surface area contributed by atoms with Gasteiger partial charge in [-0.05, 0) is 30.3 Å². The van der Waals surface area contributed by atoms with Gasteiger partial charge in [0, 0.05) is 11.8 Å². The number of fused-ring (bicyclic) bond motifs is 1. The molecular formula is C17H10Cl2N6OS. The number of nitrogens with two attached hydrogens (primary N) is 1. The van der Waals surface area contributed by atoms with Crippen LogP contribution in [0.1, 0.15) is 10.5 Å². The summed E-state index contributed by atoms with van der Waals surface area (Å²) in [4.78, 5) is 20.1. The summed E-state index contributed by atoms with van der Waals surface area (Å²) in [6.45, 7) is 0. The molecule has 3 heterocycles. The quantitative estimate of drug-likeness (QED) is 0.513. The molecule has 0 aliphatic carbocycles. The fourth-order valence-corrected chi connectivity index (χ4v) is 4.17. The maximum Gasteiger partial charge on any atom is 0.269 e. The summed E-state index contributed by atoms with van der Waals surface area (Å²) in [5.41, 5.74) is 6.67. The zero-order chi connectivity index (χ0) is 19.0. The van der Waals surface area contributed by atoms with Crippen molar-refractivity contribution in [3.63, 3.8) is 0 Å². The lowest BCUT2D eigenvalue weighted by atomic mass is 10.2. The highest BCUT2D eigenvalue weighted by Gasteiger charge is 2.16. The molecule has 10 heteroatoms. The van der Waals surface area contributed by atoms with Crippen LogP contribution >= 0.6 is 34.5 Å². The molecule has 0 radical (unpaired) electrons. The van der Waals surface area contributed by atoms with Crippen LogP contribution in [0.4, 0.5) is 11.6 Å². The second-order valence-corrected chi connectivity index (χ2v) is 7.23. The number of anilines is 2. The van der Waals surface area contributed by atoms with Crippen molar-refractivity contribution >= 4 is 62.3 Å². The third-order valence-corrected chi connectivity index (χ3v) is 5.37. The van der Waals surface area contributed by atoms with Gasteiger partial charge < -0.3 is 11.1 Å². The smallest absolute Gasteiger partial charge is 0.269 e. The van der Waals surface area contributed by atoms with Crippen LogP contribution in [0.15, 0.2) is 42.6 Å². The first-order valence-electron chi connectivity index (χ1n) is 7.63. The first kappa shape index (κ1) is 17.6. The minimum atomic E-state index is -0.641. The number of carbonyl (C=O) groups excluding carboxylic acids is 1. The van der Waals surface area contributed by atoms with E-state index in [2.05, 4.69) is 25.5 Å². The molecule has 4 rings (SSSR count). The number of primary amides is 1. The molecule has 27 heavy (non-hydrogen) atoms. The van der Waals surface area contributed by atoms with E-state index >= 15 is 0 Å². The number of hydrogen-bond acceptors (Lipinski definition) is 7. The van der Waals surface area contributed by atoms with Gasteiger partial charge in [-0.25, -0.2) is 9.97 Å². The van der Waals surface area contributed by atoms with Crippen LogP contribution in [-0.4, -0.2) is 26.1 Å². The summed E-state index contributed by atoms with van der Waals surface area (Å²) >= 11 is 14.0. The molecule has 3 N–H and O–H groups in total. The van der Waals surface area contributed by atoms with E-state index in [4.69, 9.17) is 28.9 Å². The molecule has 1 amide bonds. The molecule has 0 fully saturated rings. The molecule has 0 spiro atoms. The van der Waals surface area contributed by atoms with E-state index in [1.807, 2.05) is 0 Å². The number of rotatable bonds is 4. The van der Waals surface area contributed by atoms with Gasteiger partial charge in [0.15, 0.2) is 17.3 Å². The summed E-state index contributed by atoms with van der Waals surface area (Å²) in [6, 6.07) is 10.2. The largest absolute Gasteiger partial charge is 0.364 e. The molecule has 3 aromatic heterocycles. The highest BCUT2D eigenvalue weighted by molar-refractivity contribution is 7.22. The Morgan fingerprint density at radius 2 is 1.85 bits per heavy atom. The fraction of sp³-hybridized carbons (Fsp3) is 0. The van der Waals surface area contributed by atoms with Crippen LogP contribution in [0, 0.1) is 0 Å². The number of aromatic nitrogens is 4. The van der Waals surface area contributed by atoms with Crippen LogP contribution in [0.5, 0.6) is 0 Å². The van der Waals surface area contributed by atoms with Crippen molar-refractivity contribution in [2.45, 2.75) is 0 Å². The van der Waals surface area contributed by atoms with Gasteiger partial charge in [0.05, 0.1) is 20.3 Å². The molecule has 134 valence electrons. The highest BCUT2D eigenvalue weighted by Crippen LogP contribution is 2.40. The van der Waals surface area contributed by atoms with E-state index in [0.29, 0.717) is 32.3 Å². The van der Waals surface area contributed by atoms with Crippen molar-refractivity contribution in [2.75, 3.05) is 5.32 Å². The van der Waals surface area contributed by atoms with E-state index in [1.54, 1.807) is 36.5 Å². The molecule has 7 nitrogen and oxygen atoms in total. The van der Waals surface area contributed by atoms with Crippen LogP contribution in [0.3, 0.4) is 0 Å². The van der Waals surface area contributed by atoms with Gasteiger partial charge in [0.1, 0.15) is 5.01 Å². The van der Waals surface area contributed by atoms with E-state index in [0.717, 1.165) is 10.2 Å². The molecule has 0 atom stereocenters. The minimum Gasteiger partial charge on any atom is -0.364 e. The molecule has 0 bridgehead atoms. The Kier molecular flexibility index (Phi) is 4.61. The molecule has 0 unspecified atom stereocenters. The second-order valence-electron chi connectivity index (χ2n) is 5.42. The summed E-state index contributed by atoms with van der Waals surface area (Å²) in [5.74, 6) is 0.337. The SMILES string of the molecule is NC(=O)c1ccc(Nc2nccc3nc(-c4c(Cl)cccc4Cl)sc23)nn1. The van der Waals surface area contributed by atoms with Gasteiger partial charge in [-0.15, -0.1) is 21.5 Å². The molecular weight excluding hydrogens is 407 g/mol. The number of nitrogens with zero attached hydrogens (tertiary/aromatic N) is 4. The van der Waals surface area contributed by atoms with Gasteiger partial charge in [0.2, 0.25) is 0 Å². The van der Waals surface area contributed by atoms with E-state index in [9.17, 15) is 4.79 Å². The van der Waals surface area contributed by atoms with Crippen molar-refractivity contribution in [1.29, 1.82) is 0 Å². The van der Waals surface area contributed by atoms with Crippen molar-refractivity contribution in [1.82, 2.24) is 20.2 Å². The van der Waals surface area contributed by atoms with E-state index < -0.39 is 5.91 Å². The van der Waals surface area contributed by atoms with E-state index in [-0.39, 0.29) is 5.69 Å². The summed E-state index contributed by atoms with van der Waals surface area (Å²) in [6.07, 6.45) is 1.63. The van der Waals surface area contributed by atoms with Crippen molar-refractivity contribution in [3.8, 4) is 10.6 Å². The minimum absolute atomic E-state index is 0.0835. The average Bonchev–Trinajstić information content (AvgIpc) is 3.07.